The summed E-state index contributed by atoms with van der Waals surface area (Å²) in [4.78, 5) is 13.3. The van der Waals surface area contributed by atoms with Crippen molar-refractivity contribution in [2.24, 2.45) is 11.7 Å². The lowest BCUT2D eigenvalue weighted by atomic mass is 10.1. The molecule has 0 saturated carbocycles. The number of hydrogen-bond acceptors (Lipinski definition) is 2. The van der Waals surface area contributed by atoms with Crippen molar-refractivity contribution < 1.29 is 4.79 Å². The highest BCUT2D eigenvalue weighted by Gasteiger charge is 2.14. The Kier molecular flexibility index (Phi) is 6.59. The fraction of sp³-hybridized carbons (Fsp3) is 0.900. The van der Waals surface area contributed by atoms with E-state index in [9.17, 15) is 4.79 Å². The molecule has 78 valence electrons. The van der Waals surface area contributed by atoms with Crippen LogP contribution in [0.1, 0.15) is 33.1 Å². The third-order valence-electron chi connectivity index (χ3n) is 2.25. The molecular weight excluding hydrogens is 164 g/mol. The number of nitrogens with zero attached hydrogens (tertiary/aromatic N) is 1. The molecule has 0 aliphatic carbocycles. The zero-order valence-electron chi connectivity index (χ0n) is 9.05. The van der Waals surface area contributed by atoms with Crippen molar-refractivity contribution in [1.82, 2.24) is 4.90 Å². The number of carbonyl (C=O) groups is 1. The molecule has 0 aromatic carbocycles. The van der Waals surface area contributed by atoms with E-state index in [0.717, 1.165) is 13.0 Å². The Morgan fingerprint density at radius 1 is 1.46 bits per heavy atom. The number of nitrogens with two attached hydrogens (primary N) is 1. The van der Waals surface area contributed by atoms with Gasteiger partial charge in [-0.05, 0) is 6.42 Å². The minimum absolute atomic E-state index is 0.0355. The Hall–Kier alpha value is -0.570. The van der Waals surface area contributed by atoms with E-state index in [0.29, 0.717) is 6.54 Å². The van der Waals surface area contributed by atoms with Gasteiger partial charge in [0, 0.05) is 26.1 Å². The predicted molar refractivity (Wildman–Crippen MR) is 55.4 cm³/mol. The lowest BCUT2D eigenvalue weighted by Gasteiger charge is -2.20. The maximum absolute atomic E-state index is 11.5. The Morgan fingerprint density at radius 3 is 2.54 bits per heavy atom. The Morgan fingerprint density at radius 2 is 2.08 bits per heavy atom. The van der Waals surface area contributed by atoms with Crippen molar-refractivity contribution in [3.8, 4) is 0 Å². The average molecular weight is 186 g/mol. The SMILES string of the molecule is CCCCCN(C)C(=O)C(C)CN. The van der Waals surface area contributed by atoms with Crippen LogP contribution in [0.4, 0.5) is 0 Å². The van der Waals surface area contributed by atoms with Crippen LogP contribution < -0.4 is 5.73 Å². The molecule has 0 radical (unpaired) electrons. The van der Waals surface area contributed by atoms with Gasteiger partial charge in [0.05, 0.1) is 0 Å². The Labute approximate surface area is 81.3 Å². The third-order valence-corrected chi connectivity index (χ3v) is 2.25. The van der Waals surface area contributed by atoms with Crippen LogP contribution in [0.15, 0.2) is 0 Å². The van der Waals surface area contributed by atoms with Crippen LogP contribution in [0.3, 0.4) is 0 Å². The van der Waals surface area contributed by atoms with Gasteiger partial charge in [0.15, 0.2) is 0 Å². The highest BCUT2D eigenvalue weighted by Crippen LogP contribution is 2.01. The Balaban J connectivity index is 3.69. The zero-order chi connectivity index (χ0) is 10.3. The molecule has 1 amide bonds. The summed E-state index contributed by atoms with van der Waals surface area (Å²) in [5, 5.41) is 0. The van der Waals surface area contributed by atoms with E-state index < -0.39 is 0 Å². The summed E-state index contributed by atoms with van der Waals surface area (Å²) in [6.07, 6.45) is 3.47. The first-order chi connectivity index (χ1) is 6.13. The van der Waals surface area contributed by atoms with Gasteiger partial charge in [-0.2, -0.15) is 0 Å². The van der Waals surface area contributed by atoms with E-state index in [2.05, 4.69) is 6.92 Å². The molecule has 0 bridgehead atoms. The summed E-state index contributed by atoms with van der Waals surface area (Å²) >= 11 is 0. The van der Waals surface area contributed by atoms with Crippen LogP contribution in [0.25, 0.3) is 0 Å². The van der Waals surface area contributed by atoms with Crippen LogP contribution in [-0.2, 0) is 4.79 Å². The maximum Gasteiger partial charge on any atom is 0.226 e. The predicted octanol–water partition coefficient (Wildman–Crippen LogP) is 1.23. The lowest BCUT2D eigenvalue weighted by molar-refractivity contribution is -0.133. The van der Waals surface area contributed by atoms with Gasteiger partial charge in [-0.3, -0.25) is 4.79 Å². The van der Waals surface area contributed by atoms with Gasteiger partial charge >= 0.3 is 0 Å². The number of unbranched alkanes of at least 4 members (excludes halogenated alkanes) is 2. The first kappa shape index (κ1) is 12.4. The van der Waals surface area contributed by atoms with Crippen molar-refractivity contribution in [3.05, 3.63) is 0 Å². The molecule has 0 aliphatic rings. The second-order valence-corrected chi connectivity index (χ2v) is 3.60. The quantitative estimate of drug-likeness (QED) is 0.634. The normalized spacial score (nSPS) is 12.6. The van der Waals surface area contributed by atoms with Crippen molar-refractivity contribution in [3.63, 3.8) is 0 Å². The van der Waals surface area contributed by atoms with Gasteiger partial charge in [-0.1, -0.05) is 26.7 Å². The molecule has 2 N–H and O–H groups in total. The monoisotopic (exact) mass is 186 g/mol. The van der Waals surface area contributed by atoms with Gasteiger partial charge in [-0.15, -0.1) is 0 Å². The zero-order valence-corrected chi connectivity index (χ0v) is 9.05. The van der Waals surface area contributed by atoms with E-state index in [1.165, 1.54) is 12.8 Å². The van der Waals surface area contributed by atoms with E-state index in [1.807, 2.05) is 14.0 Å². The Bertz CT molecular complexity index is 148. The molecule has 0 fully saturated rings. The molecule has 0 spiro atoms. The second-order valence-electron chi connectivity index (χ2n) is 3.60. The highest BCUT2D eigenvalue weighted by molar-refractivity contribution is 5.78. The van der Waals surface area contributed by atoms with Crippen molar-refractivity contribution in [2.45, 2.75) is 33.1 Å². The summed E-state index contributed by atoms with van der Waals surface area (Å²) in [7, 11) is 1.85. The molecular formula is C10H22N2O. The molecule has 1 unspecified atom stereocenters. The van der Waals surface area contributed by atoms with Crippen LogP contribution in [0.2, 0.25) is 0 Å². The molecule has 3 nitrogen and oxygen atoms in total. The smallest absolute Gasteiger partial charge is 0.226 e. The summed E-state index contributed by atoms with van der Waals surface area (Å²) in [6.45, 7) is 5.33. The third kappa shape index (κ3) is 4.88. The largest absolute Gasteiger partial charge is 0.345 e. The summed E-state index contributed by atoms with van der Waals surface area (Å²) in [6, 6.07) is 0. The molecule has 13 heavy (non-hydrogen) atoms. The molecule has 3 heteroatoms. The van der Waals surface area contributed by atoms with E-state index in [4.69, 9.17) is 5.73 Å². The van der Waals surface area contributed by atoms with Gasteiger partial charge < -0.3 is 10.6 Å². The lowest BCUT2D eigenvalue weighted by Crippen LogP contribution is -2.35. The van der Waals surface area contributed by atoms with E-state index in [-0.39, 0.29) is 11.8 Å². The fourth-order valence-corrected chi connectivity index (χ4v) is 1.19. The van der Waals surface area contributed by atoms with Crippen LogP contribution in [-0.4, -0.2) is 30.9 Å². The first-order valence-electron chi connectivity index (χ1n) is 5.08. The van der Waals surface area contributed by atoms with Crippen molar-refractivity contribution in [1.29, 1.82) is 0 Å². The molecule has 0 saturated heterocycles. The van der Waals surface area contributed by atoms with Crippen LogP contribution in [0, 0.1) is 5.92 Å². The first-order valence-corrected chi connectivity index (χ1v) is 5.08. The van der Waals surface area contributed by atoms with Crippen LogP contribution >= 0.6 is 0 Å². The van der Waals surface area contributed by atoms with Crippen molar-refractivity contribution >= 4 is 5.91 Å². The summed E-state index contributed by atoms with van der Waals surface area (Å²) < 4.78 is 0. The van der Waals surface area contributed by atoms with Gasteiger partial charge in [0.25, 0.3) is 0 Å². The molecule has 0 heterocycles. The number of hydrogen-bond donors (Lipinski definition) is 1. The molecule has 0 aliphatic heterocycles. The van der Waals surface area contributed by atoms with Crippen LogP contribution in [0.5, 0.6) is 0 Å². The molecule has 0 aromatic heterocycles. The minimum atomic E-state index is -0.0355. The molecule has 0 aromatic rings. The van der Waals surface area contributed by atoms with Gasteiger partial charge in [0.1, 0.15) is 0 Å². The van der Waals surface area contributed by atoms with Crippen molar-refractivity contribution in [2.75, 3.05) is 20.1 Å². The number of carbonyl (C=O) groups excluding carboxylic acids is 1. The standard InChI is InChI=1S/C10H22N2O/c1-4-5-6-7-12(3)10(13)9(2)8-11/h9H,4-8,11H2,1-3H3. The molecule has 1 atom stereocenters. The minimum Gasteiger partial charge on any atom is -0.345 e. The number of rotatable bonds is 6. The van der Waals surface area contributed by atoms with E-state index in [1.54, 1.807) is 4.90 Å². The maximum atomic E-state index is 11.5. The second kappa shape index (κ2) is 6.89. The highest BCUT2D eigenvalue weighted by atomic mass is 16.2. The van der Waals surface area contributed by atoms with Gasteiger partial charge in [0.2, 0.25) is 5.91 Å². The average Bonchev–Trinajstić information content (AvgIpc) is 2.15. The summed E-state index contributed by atoms with van der Waals surface area (Å²) in [5.74, 6) is 0.130. The van der Waals surface area contributed by atoms with Gasteiger partial charge in [-0.25, -0.2) is 0 Å². The summed E-state index contributed by atoms with van der Waals surface area (Å²) in [5.41, 5.74) is 5.42. The van der Waals surface area contributed by atoms with E-state index >= 15 is 0 Å². The number of amides is 1. The topological polar surface area (TPSA) is 46.3 Å². The fourth-order valence-electron chi connectivity index (χ4n) is 1.19. The molecule has 0 rings (SSSR count).